The number of carbonyl (C=O) groups is 3. The summed E-state index contributed by atoms with van der Waals surface area (Å²) in [6.45, 7) is 0. The van der Waals surface area contributed by atoms with E-state index in [0.717, 1.165) is 0 Å². The van der Waals surface area contributed by atoms with Gasteiger partial charge in [0.1, 0.15) is 11.3 Å². The molecule has 0 aliphatic carbocycles. The molecule has 0 unspecified atom stereocenters. The molecule has 148 valence electrons. The fraction of sp³-hybridized carbons (Fsp3) is 0.143. The predicted octanol–water partition coefficient (Wildman–Crippen LogP) is 2.66. The number of ketones is 1. The highest BCUT2D eigenvalue weighted by Crippen LogP contribution is 2.31. The van der Waals surface area contributed by atoms with Gasteiger partial charge in [-0.25, -0.2) is 4.79 Å². The molecule has 0 aliphatic heterocycles. The molecule has 0 spiro atoms. The molecule has 1 aromatic heterocycles. The fourth-order valence-corrected chi connectivity index (χ4v) is 3.10. The molecule has 29 heavy (non-hydrogen) atoms. The van der Waals surface area contributed by atoms with Crippen LogP contribution in [0.5, 0.6) is 5.75 Å². The number of hydrogen-bond donors (Lipinski definition) is 3. The molecule has 0 saturated heterocycles. The topological polar surface area (TPSA) is 134 Å². The van der Waals surface area contributed by atoms with Gasteiger partial charge in [0.25, 0.3) is 5.56 Å². The number of nitrogens with zero attached hydrogens (tertiary/aromatic N) is 1. The number of hydrogen-bond acceptors (Lipinski definition) is 5. The summed E-state index contributed by atoms with van der Waals surface area (Å²) in [5.41, 5.74) is 0.772. The lowest BCUT2D eigenvalue weighted by Crippen LogP contribution is -2.25. The highest BCUT2D eigenvalue weighted by Gasteiger charge is 2.21. The highest BCUT2D eigenvalue weighted by molar-refractivity contribution is 6.04. The average Bonchev–Trinajstić information content (AvgIpc) is 2.70. The molecule has 3 N–H and O–H groups in total. The number of carboxylic acids is 2. The van der Waals surface area contributed by atoms with Gasteiger partial charge in [-0.2, -0.15) is 0 Å². The predicted molar refractivity (Wildman–Crippen MR) is 104 cm³/mol. The highest BCUT2D eigenvalue weighted by atomic mass is 16.4. The van der Waals surface area contributed by atoms with Gasteiger partial charge in [0.2, 0.25) is 0 Å². The van der Waals surface area contributed by atoms with Crippen LogP contribution in [0.3, 0.4) is 0 Å². The van der Waals surface area contributed by atoms with E-state index in [2.05, 4.69) is 0 Å². The number of aryl methyl sites for hydroxylation is 1. The van der Waals surface area contributed by atoms with Gasteiger partial charge in [-0.1, -0.05) is 18.2 Å². The smallest absolute Gasteiger partial charge is 0.335 e. The van der Waals surface area contributed by atoms with Gasteiger partial charge in [-0.05, 0) is 35.4 Å². The summed E-state index contributed by atoms with van der Waals surface area (Å²) in [6.07, 6.45) is -0.831. The maximum atomic E-state index is 12.6. The van der Waals surface area contributed by atoms with Gasteiger partial charge >= 0.3 is 11.9 Å². The molecule has 8 nitrogen and oxygen atoms in total. The van der Waals surface area contributed by atoms with Crippen LogP contribution in [-0.4, -0.2) is 37.6 Å². The molecule has 0 saturated carbocycles. The lowest BCUT2D eigenvalue weighted by Gasteiger charge is -2.13. The van der Waals surface area contributed by atoms with Crippen molar-refractivity contribution in [1.29, 1.82) is 0 Å². The Morgan fingerprint density at radius 2 is 1.55 bits per heavy atom. The Hall–Kier alpha value is -3.94. The van der Waals surface area contributed by atoms with Crippen molar-refractivity contribution in [3.63, 3.8) is 0 Å². The van der Waals surface area contributed by atoms with Gasteiger partial charge in [0, 0.05) is 18.9 Å². The monoisotopic (exact) mass is 395 g/mol. The van der Waals surface area contributed by atoms with Crippen LogP contribution in [0.25, 0.3) is 22.0 Å². The maximum Gasteiger partial charge on any atom is 0.335 e. The normalized spacial score (nSPS) is 10.8. The number of rotatable bonds is 6. The van der Waals surface area contributed by atoms with E-state index in [-0.39, 0.29) is 10.9 Å². The summed E-state index contributed by atoms with van der Waals surface area (Å²) in [5.74, 6) is -3.43. The first-order valence-electron chi connectivity index (χ1n) is 8.65. The number of Topliss-reactive ketones (excluding diaryl/α,β-unsaturated/α-hetero) is 1. The third-order valence-electron chi connectivity index (χ3n) is 4.68. The largest absolute Gasteiger partial charge is 0.506 e. The van der Waals surface area contributed by atoms with Crippen molar-refractivity contribution in [2.75, 3.05) is 0 Å². The summed E-state index contributed by atoms with van der Waals surface area (Å²) in [4.78, 5) is 46.6. The number of carbonyl (C=O) groups excluding carboxylic acids is 1. The zero-order chi connectivity index (χ0) is 21.3. The van der Waals surface area contributed by atoms with E-state index in [1.807, 2.05) is 0 Å². The van der Waals surface area contributed by atoms with E-state index < -0.39 is 47.4 Å². The zero-order valence-electron chi connectivity index (χ0n) is 15.4. The summed E-state index contributed by atoms with van der Waals surface area (Å²) in [6, 6.07) is 11.1. The van der Waals surface area contributed by atoms with Gasteiger partial charge in [0.05, 0.1) is 17.5 Å². The second kappa shape index (κ2) is 7.59. The minimum Gasteiger partial charge on any atom is -0.506 e. The van der Waals surface area contributed by atoms with E-state index in [1.54, 1.807) is 30.3 Å². The van der Waals surface area contributed by atoms with Crippen molar-refractivity contribution in [3.05, 3.63) is 63.9 Å². The zero-order valence-corrected chi connectivity index (χ0v) is 15.4. The molecule has 0 bridgehead atoms. The van der Waals surface area contributed by atoms with Crippen LogP contribution in [0.1, 0.15) is 33.6 Å². The number of carboxylic acid groups (broad SMARTS) is 2. The fourth-order valence-electron chi connectivity index (χ4n) is 3.10. The number of fused-ring (bicyclic) bond motifs is 1. The Kier molecular flexibility index (Phi) is 5.18. The van der Waals surface area contributed by atoms with Crippen molar-refractivity contribution >= 4 is 28.6 Å². The molecular weight excluding hydrogens is 378 g/mol. The molecule has 0 atom stereocenters. The van der Waals surface area contributed by atoms with Crippen molar-refractivity contribution in [2.24, 2.45) is 7.05 Å². The van der Waals surface area contributed by atoms with Crippen LogP contribution in [0.4, 0.5) is 0 Å². The van der Waals surface area contributed by atoms with Crippen LogP contribution in [0.15, 0.2) is 47.3 Å². The van der Waals surface area contributed by atoms with Crippen LogP contribution in [0, 0.1) is 0 Å². The Balaban J connectivity index is 2.10. The van der Waals surface area contributed by atoms with Crippen LogP contribution >= 0.6 is 0 Å². The van der Waals surface area contributed by atoms with E-state index in [9.17, 15) is 24.3 Å². The summed E-state index contributed by atoms with van der Waals surface area (Å²) in [5, 5.41) is 28.5. The molecule has 3 aromatic rings. The Labute approximate surface area is 164 Å². The lowest BCUT2D eigenvalue weighted by molar-refractivity contribution is -0.136. The minimum atomic E-state index is -1.17. The summed E-state index contributed by atoms with van der Waals surface area (Å²) in [7, 11) is 1.45. The first kappa shape index (κ1) is 19.8. The van der Waals surface area contributed by atoms with E-state index >= 15 is 0 Å². The SMILES string of the molecule is Cn1c(=O)c(C(=O)CCC(=O)O)c(O)c2ccc(-c3ccc(C(=O)O)cc3)cc21. The number of aromatic nitrogens is 1. The molecule has 8 heteroatoms. The lowest BCUT2D eigenvalue weighted by atomic mass is 9.99. The van der Waals surface area contributed by atoms with E-state index in [1.165, 1.54) is 23.7 Å². The molecule has 0 radical (unpaired) electrons. The number of aromatic carboxylic acids is 1. The van der Waals surface area contributed by atoms with Crippen LogP contribution in [-0.2, 0) is 11.8 Å². The first-order valence-corrected chi connectivity index (χ1v) is 8.65. The first-order chi connectivity index (χ1) is 13.7. The molecule has 0 aliphatic rings. The van der Waals surface area contributed by atoms with Gasteiger partial charge in [-0.3, -0.25) is 14.4 Å². The van der Waals surface area contributed by atoms with E-state index in [4.69, 9.17) is 10.2 Å². The number of pyridine rings is 1. The second-order valence-electron chi connectivity index (χ2n) is 6.52. The molecule has 2 aromatic carbocycles. The van der Waals surface area contributed by atoms with Crippen molar-refractivity contribution < 1.29 is 29.7 Å². The molecule has 1 heterocycles. The van der Waals surface area contributed by atoms with Crippen molar-refractivity contribution in [1.82, 2.24) is 4.57 Å². The van der Waals surface area contributed by atoms with Crippen molar-refractivity contribution in [3.8, 4) is 16.9 Å². The third kappa shape index (κ3) is 3.73. The Morgan fingerprint density at radius 3 is 2.14 bits per heavy atom. The second-order valence-corrected chi connectivity index (χ2v) is 6.52. The van der Waals surface area contributed by atoms with Crippen LogP contribution in [0.2, 0.25) is 0 Å². The maximum absolute atomic E-state index is 12.6. The average molecular weight is 395 g/mol. The number of benzene rings is 2. The Morgan fingerprint density at radius 1 is 0.931 bits per heavy atom. The molecule has 0 fully saturated rings. The Bertz CT molecular complexity index is 1210. The van der Waals surface area contributed by atoms with Gasteiger partial charge < -0.3 is 19.9 Å². The standard InChI is InChI=1S/C21H17NO7/c1-22-15-10-13(11-2-4-12(5-3-11)21(28)29)6-7-14(15)19(26)18(20(22)27)16(23)8-9-17(24)25/h2-7,10,26H,8-9H2,1H3,(H,24,25)(H,28,29). The summed E-state index contributed by atoms with van der Waals surface area (Å²) >= 11 is 0. The number of aliphatic carboxylic acids is 1. The third-order valence-corrected chi connectivity index (χ3v) is 4.68. The molecule has 0 amide bonds. The summed E-state index contributed by atoms with van der Waals surface area (Å²) < 4.78 is 1.22. The van der Waals surface area contributed by atoms with Gasteiger partial charge in [-0.15, -0.1) is 0 Å². The minimum absolute atomic E-state index is 0.143. The van der Waals surface area contributed by atoms with Gasteiger partial charge in [0.15, 0.2) is 5.78 Å². The molecule has 3 rings (SSSR count). The quantitative estimate of drug-likeness (QED) is 0.546. The van der Waals surface area contributed by atoms with Crippen molar-refractivity contribution in [2.45, 2.75) is 12.8 Å². The number of aromatic hydroxyl groups is 1. The van der Waals surface area contributed by atoms with E-state index in [0.29, 0.717) is 16.6 Å². The molecular formula is C21H17NO7. The van der Waals surface area contributed by atoms with Crippen LogP contribution < -0.4 is 5.56 Å².